The van der Waals surface area contributed by atoms with Gasteiger partial charge >= 0.3 is 18.0 Å². The van der Waals surface area contributed by atoms with Crippen molar-refractivity contribution in [1.82, 2.24) is 16.0 Å². The first kappa shape index (κ1) is 16.4. The summed E-state index contributed by atoms with van der Waals surface area (Å²) in [6, 6.07) is -2.18. The molecule has 9 heteroatoms. The number of rotatable bonds is 8. The molecule has 0 rings (SSSR count). The molecular formula is C9H18N4O4S. The Hall–Kier alpha value is -1.64. The summed E-state index contributed by atoms with van der Waals surface area (Å²) in [6.07, 6.45) is 2.21. The molecule has 0 aliphatic carbocycles. The highest BCUT2D eigenvalue weighted by Crippen LogP contribution is 2.00. The number of urea groups is 2. The number of nitrogens with one attached hydrogen (secondary N) is 3. The average Bonchev–Trinajstić information content (AvgIpc) is 2.29. The largest absolute Gasteiger partial charge is 0.480 e. The highest BCUT2D eigenvalue weighted by molar-refractivity contribution is 7.98. The molecule has 0 aliphatic rings. The standard InChI is InChI=1S/C9H18N4O4S/c1-18-5-2-6(7(14)15)13-9(17)12-4-3-11-8(10)16/h6H,2-5H2,1H3,(H,14,15)(H3,10,11,16)(H2,12,13,17). The van der Waals surface area contributed by atoms with E-state index in [1.54, 1.807) is 0 Å². The van der Waals surface area contributed by atoms with Gasteiger partial charge in [0.05, 0.1) is 0 Å². The second-order valence-electron chi connectivity index (χ2n) is 3.36. The van der Waals surface area contributed by atoms with Crippen LogP contribution in [0, 0.1) is 0 Å². The van der Waals surface area contributed by atoms with E-state index in [-0.39, 0.29) is 13.1 Å². The van der Waals surface area contributed by atoms with Crippen LogP contribution in [0.15, 0.2) is 0 Å². The van der Waals surface area contributed by atoms with Crippen LogP contribution >= 0.6 is 11.8 Å². The minimum absolute atomic E-state index is 0.170. The van der Waals surface area contributed by atoms with E-state index in [9.17, 15) is 14.4 Å². The lowest BCUT2D eigenvalue weighted by Crippen LogP contribution is -2.48. The molecule has 0 aromatic rings. The molecule has 104 valence electrons. The highest BCUT2D eigenvalue weighted by atomic mass is 32.2. The van der Waals surface area contributed by atoms with Crippen LogP contribution < -0.4 is 21.7 Å². The third-order valence-electron chi connectivity index (χ3n) is 1.92. The number of carboxylic acid groups (broad SMARTS) is 1. The van der Waals surface area contributed by atoms with Gasteiger partial charge in [0.15, 0.2) is 0 Å². The number of nitrogens with two attached hydrogens (primary N) is 1. The van der Waals surface area contributed by atoms with Crippen molar-refractivity contribution < 1.29 is 19.5 Å². The first-order valence-corrected chi connectivity index (χ1v) is 6.66. The number of hydrogen-bond acceptors (Lipinski definition) is 4. The molecule has 6 N–H and O–H groups in total. The Morgan fingerprint density at radius 1 is 1.28 bits per heavy atom. The summed E-state index contributed by atoms with van der Waals surface area (Å²) in [6.45, 7) is 0.356. The lowest BCUT2D eigenvalue weighted by Gasteiger charge is -2.14. The van der Waals surface area contributed by atoms with Gasteiger partial charge in [-0.15, -0.1) is 0 Å². The molecule has 18 heavy (non-hydrogen) atoms. The van der Waals surface area contributed by atoms with Gasteiger partial charge in [0.2, 0.25) is 0 Å². The normalized spacial score (nSPS) is 11.4. The molecular weight excluding hydrogens is 260 g/mol. The Balaban J connectivity index is 3.87. The predicted octanol–water partition coefficient (Wildman–Crippen LogP) is -0.840. The van der Waals surface area contributed by atoms with Crippen LogP contribution in [-0.2, 0) is 4.79 Å². The lowest BCUT2D eigenvalue weighted by atomic mass is 10.2. The SMILES string of the molecule is CSCCC(NC(=O)NCCNC(N)=O)C(=O)O. The van der Waals surface area contributed by atoms with Gasteiger partial charge in [-0.1, -0.05) is 0 Å². The Morgan fingerprint density at radius 3 is 2.39 bits per heavy atom. The summed E-state index contributed by atoms with van der Waals surface area (Å²) in [5, 5.41) is 15.9. The summed E-state index contributed by atoms with van der Waals surface area (Å²) in [4.78, 5) is 32.5. The molecule has 1 unspecified atom stereocenters. The van der Waals surface area contributed by atoms with E-state index in [2.05, 4.69) is 16.0 Å². The summed E-state index contributed by atoms with van der Waals surface area (Å²) in [5.41, 5.74) is 4.83. The maximum atomic E-state index is 11.3. The van der Waals surface area contributed by atoms with Gasteiger partial charge in [0.25, 0.3) is 0 Å². The first-order valence-electron chi connectivity index (χ1n) is 5.26. The minimum atomic E-state index is -1.07. The van der Waals surface area contributed by atoms with Crippen LogP contribution in [0.25, 0.3) is 0 Å². The molecule has 8 nitrogen and oxygen atoms in total. The second kappa shape index (κ2) is 9.40. The maximum Gasteiger partial charge on any atom is 0.326 e. The fourth-order valence-corrected chi connectivity index (χ4v) is 1.54. The van der Waals surface area contributed by atoms with Crippen molar-refractivity contribution in [3.63, 3.8) is 0 Å². The van der Waals surface area contributed by atoms with Gasteiger partial charge < -0.3 is 26.8 Å². The number of carboxylic acids is 1. The molecule has 0 aromatic heterocycles. The third kappa shape index (κ3) is 8.50. The number of amides is 4. The molecule has 0 bridgehead atoms. The van der Waals surface area contributed by atoms with Crippen LogP contribution in [0.1, 0.15) is 6.42 Å². The van der Waals surface area contributed by atoms with Crippen LogP contribution in [0.3, 0.4) is 0 Å². The van der Waals surface area contributed by atoms with Crippen LogP contribution in [0.5, 0.6) is 0 Å². The molecule has 0 fully saturated rings. The Bertz CT molecular complexity index is 300. The van der Waals surface area contributed by atoms with Crippen molar-refractivity contribution in [2.24, 2.45) is 5.73 Å². The molecule has 0 radical (unpaired) electrons. The zero-order valence-corrected chi connectivity index (χ0v) is 10.9. The monoisotopic (exact) mass is 278 g/mol. The molecule has 0 aromatic carbocycles. The molecule has 0 aliphatic heterocycles. The molecule has 0 heterocycles. The van der Waals surface area contributed by atoms with Gasteiger partial charge in [-0.25, -0.2) is 14.4 Å². The Morgan fingerprint density at radius 2 is 1.89 bits per heavy atom. The number of aliphatic carboxylic acids is 1. The Labute approximate surface area is 109 Å². The van der Waals surface area contributed by atoms with Gasteiger partial charge in [-0.05, 0) is 18.4 Å². The quantitative estimate of drug-likeness (QED) is 0.369. The number of carbonyl (C=O) groups excluding carboxylic acids is 2. The van der Waals surface area contributed by atoms with Crippen molar-refractivity contribution >= 4 is 29.8 Å². The van der Waals surface area contributed by atoms with E-state index in [1.165, 1.54) is 11.8 Å². The van der Waals surface area contributed by atoms with E-state index < -0.39 is 24.1 Å². The van der Waals surface area contributed by atoms with Crippen LogP contribution in [0.4, 0.5) is 9.59 Å². The topological polar surface area (TPSA) is 134 Å². The lowest BCUT2D eigenvalue weighted by molar-refractivity contribution is -0.139. The fourth-order valence-electron chi connectivity index (χ4n) is 1.06. The van der Waals surface area contributed by atoms with Crippen LogP contribution in [-0.4, -0.2) is 54.3 Å². The van der Waals surface area contributed by atoms with E-state index >= 15 is 0 Å². The van der Waals surface area contributed by atoms with Gasteiger partial charge in [-0.3, -0.25) is 0 Å². The molecule has 0 saturated heterocycles. The summed E-state index contributed by atoms with van der Waals surface area (Å²) in [7, 11) is 0. The minimum Gasteiger partial charge on any atom is -0.480 e. The van der Waals surface area contributed by atoms with Gasteiger partial charge in [0.1, 0.15) is 6.04 Å². The number of primary amides is 1. The fraction of sp³-hybridized carbons (Fsp3) is 0.667. The number of carbonyl (C=O) groups is 3. The van der Waals surface area contributed by atoms with Gasteiger partial charge in [-0.2, -0.15) is 11.8 Å². The van der Waals surface area contributed by atoms with Crippen molar-refractivity contribution in [3.8, 4) is 0 Å². The summed E-state index contributed by atoms with van der Waals surface area (Å²) in [5.74, 6) is -0.435. The molecule has 4 amide bonds. The van der Waals surface area contributed by atoms with E-state index in [0.717, 1.165) is 0 Å². The zero-order valence-electron chi connectivity index (χ0n) is 10.1. The van der Waals surface area contributed by atoms with Crippen molar-refractivity contribution in [2.75, 3.05) is 25.1 Å². The van der Waals surface area contributed by atoms with E-state index in [0.29, 0.717) is 12.2 Å². The zero-order chi connectivity index (χ0) is 14.0. The smallest absolute Gasteiger partial charge is 0.326 e. The second-order valence-corrected chi connectivity index (χ2v) is 4.35. The summed E-state index contributed by atoms with van der Waals surface area (Å²) >= 11 is 1.50. The third-order valence-corrected chi connectivity index (χ3v) is 2.57. The number of hydrogen-bond donors (Lipinski definition) is 5. The molecule has 0 spiro atoms. The molecule has 0 saturated carbocycles. The predicted molar refractivity (Wildman–Crippen MR) is 68.5 cm³/mol. The van der Waals surface area contributed by atoms with Crippen molar-refractivity contribution in [1.29, 1.82) is 0 Å². The van der Waals surface area contributed by atoms with E-state index in [4.69, 9.17) is 10.8 Å². The molecule has 1 atom stereocenters. The Kier molecular flexibility index (Phi) is 8.54. The number of thioether (sulfide) groups is 1. The summed E-state index contributed by atoms with van der Waals surface area (Å²) < 4.78 is 0. The first-order chi connectivity index (χ1) is 8.47. The maximum absolute atomic E-state index is 11.3. The highest BCUT2D eigenvalue weighted by Gasteiger charge is 2.18. The van der Waals surface area contributed by atoms with Crippen molar-refractivity contribution in [3.05, 3.63) is 0 Å². The average molecular weight is 278 g/mol. The van der Waals surface area contributed by atoms with Crippen LogP contribution in [0.2, 0.25) is 0 Å². The van der Waals surface area contributed by atoms with Crippen molar-refractivity contribution in [2.45, 2.75) is 12.5 Å². The van der Waals surface area contributed by atoms with Gasteiger partial charge in [0, 0.05) is 13.1 Å². The van der Waals surface area contributed by atoms with E-state index in [1.807, 2.05) is 6.26 Å².